The van der Waals surface area contributed by atoms with E-state index >= 15 is 0 Å². The zero-order valence-corrected chi connectivity index (χ0v) is 15.2. The highest BCUT2D eigenvalue weighted by molar-refractivity contribution is 5.96. The molecule has 0 spiro atoms. The molecule has 0 radical (unpaired) electrons. The average Bonchev–Trinajstić information content (AvgIpc) is 2.66. The summed E-state index contributed by atoms with van der Waals surface area (Å²) in [6.45, 7) is 0.199. The lowest BCUT2D eigenvalue weighted by atomic mass is 9.98. The molecule has 1 atom stereocenters. The first kappa shape index (κ1) is 19.1. The van der Waals surface area contributed by atoms with Crippen LogP contribution in [0.15, 0.2) is 36.4 Å². The van der Waals surface area contributed by atoms with Crippen molar-refractivity contribution in [2.45, 2.75) is 31.5 Å². The molecule has 152 valence electrons. The molecule has 0 saturated heterocycles. The number of anilines is 2. The Bertz CT molecular complexity index is 975. The number of hydrogen-bond acceptors (Lipinski definition) is 3. The topological polar surface area (TPSA) is 79.5 Å². The van der Waals surface area contributed by atoms with E-state index in [1.807, 2.05) is 6.07 Å². The van der Waals surface area contributed by atoms with Crippen molar-refractivity contribution >= 4 is 23.3 Å². The monoisotopic (exact) mass is 405 g/mol. The highest BCUT2D eigenvalue weighted by Gasteiger charge is 2.33. The van der Waals surface area contributed by atoms with Gasteiger partial charge in [0.2, 0.25) is 5.91 Å². The van der Waals surface area contributed by atoms with Crippen molar-refractivity contribution in [2.24, 2.45) is 0 Å². The number of benzene rings is 2. The predicted molar refractivity (Wildman–Crippen MR) is 99.8 cm³/mol. The van der Waals surface area contributed by atoms with Crippen molar-refractivity contribution in [2.75, 3.05) is 17.2 Å². The van der Waals surface area contributed by atoms with Gasteiger partial charge in [0.05, 0.1) is 18.2 Å². The quantitative estimate of drug-likeness (QED) is 0.700. The van der Waals surface area contributed by atoms with Crippen LogP contribution in [0.4, 0.5) is 29.3 Å². The molecule has 2 aliphatic heterocycles. The first-order valence-electron chi connectivity index (χ1n) is 9.14. The van der Waals surface area contributed by atoms with Gasteiger partial charge in [-0.2, -0.15) is 13.2 Å². The van der Waals surface area contributed by atoms with Gasteiger partial charge in [0.1, 0.15) is 5.75 Å². The molecule has 3 amide bonds. The molecule has 29 heavy (non-hydrogen) atoms. The maximum absolute atomic E-state index is 12.9. The SMILES string of the molecule is O=C1CCc2ccc(NC(=O)N[C@@H]3CCOc4cc(C(F)(F)F)ccc43)cc2N1. The molecule has 2 aromatic carbocycles. The Morgan fingerprint density at radius 1 is 1.14 bits per heavy atom. The summed E-state index contributed by atoms with van der Waals surface area (Å²) in [5, 5.41) is 8.24. The van der Waals surface area contributed by atoms with Crippen LogP contribution in [-0.4, -0.2) is 18.5 Å². The van der Waals surface area contributed by atoms with Crippen molar-refractivity contribution < 1.29 is 27.5 Å². The molecule has 6 nitrogen and oxygen atoms in total. The van der Waals surface area contributed by atoms with Crippen LogP contribution in [0.3, 0.4) is 0 Å². The molecule has 0 bridgehead atoms. The third-order valence-corrected chi connectivity index (χ3v) is 4.95. The number of rotatable bonds is 2. The minimum Gasteiger partial charge on any atom is -0.493 e. The van der Waals surface area contributed by atoms with Crippen molar-refractivity contribution in [3.63, 3.8) is 0 Å². The molecule has 0 aliphatic carbocycles. The van der Waals surface area contributed by atoms with Crippen LogP contribution in [-0.2, 0) is 17.4 Å². The highest BCUT2D eigenvalue weighted by atomic mass is 19.4. The normalized spacial score (nSPS) is 18.0. The maximum atomic E-state index is 12.9. The summed E-state index contributed by atoms with van der Waals surface area (Å²) in [7, 11) is 0. The molecule has 0 fully saturated rings. The van der Waals surface area contributed by atoms with Gasteiger partial charge in [-0.05, 0) is 36.2 Å². The summed E-state index contributed by atoms with van der Waals surface area (Å²) in [5.41, 5.74) is 1.86. The fraction of sp³-hybridized carbons (Fsp3) is 0.300. The molecular weight excluding hydrogens is 387 g/mol. The van der Waals surface area contributed by atoms with E-state index in [1.165, 1.54) is 6.07 Å². The number of urea groups is 1. The van der Waals surface area contributed by atoms with Crippen LogP contribution >= 0.6 is 0 Å². The molecule has 2 heterocycles. The third-order valence-electron chi connectivity index (χ3n) is 4.95. The maximum Gasteiger partial charge on any atom is 0.416 e. The molecule has 4 rings (SSSR count). The van der Waals surface area contributed by atoms with Gasteiger partial charge < -0.3 is 20.7 Å². The van der Waals surface area contributed by atoms with Crippen molar-refractivity contribution in [1.29, 1.82) is 0 Å². The van der Waals surface area contributed by atoms with Crippen LogP contribution < -0.4 is 20.7 Å². The third kappa shape index (κ3) is 4.13. The predicted octanol–water partition coefficient (Wildman–Crippen LogP) is 4.24. The first-order valence-corrected chi connectivity index (χ1v) is 9.14. The second-order valence-corrected chi connectivity index (χ2v) is 6.96. The smallest absolute Gasteiger partial charge is 0.416 e. The molecule has 3 N–H and O–H groups in total. The minimum atomic E-state index is -4.46. The summed E-state index contributed by atoms with van der Waals surface area (Å²) in [5.74, 6) is 0.0454. The van der Waals surface area contributed by atoms with Gasteiger partial charge in [0, 0.05) is 29.8 Å². The molecule has 9 heteroatoms. The van der Waals surface area contributed by atoms with Crippen LogP contribution in [0, 0.1) is 0 Å². The van der Waals surface area contributed by atoms with Crippen LogP contribution in [0.2, 0.25) is 0 Å². The van der Waals surface area contributed by atoms with E-state index < -0.39 is 23.8 Å². The number of alkyl halides is 3. The van der Waals surface area contributed by atoms with Gasteiger partial charge >= 0.3 is 12.2 Å². The zero-order chi connectivity index (χ0) is 20.6. The lowest BCUT2D eigenvalue weighted by molar-refractivity contribution is -0.137. The number of ether oxygens (including phenoxy) is 1. The van der Waals surface area contributed by atoms with Gasteiger partial charge in [0.15, 0.2) is 0 Å². The highest BCUT2D eigenvalue weighted by Crippen LogP contribution is 2.38. The van der Waals surface area contributed by atoms with Gasteiger partial charge in [-0.15, -0.1) is 0 Å². The number of carbonyl (C=O) groups excluding carboxylic acids is 2. The summed E-state index contributed by atoms with van der Waals surface area (Å²) in [6, 6.07) is 7.55. The van der Waals surface area contributed by atoms with E-state index in [2.05, 4.69) is 16.0 Å². The van der Waals surface area contributed by atoms with E-state index in [4.69, 9.17) is 4.74 Å². The van der Waals surface area contributed by atoms with Gasteiger partial charge in [-0.1, -0.05) is 12.1 Å². The van der Waals surface area contributed by atoms with E-state index in [0.717, 1.165) is 17.7 Å². The van der Waals surface area contributed by atoms with Crippen LogP contribution in [0.1, 0.15) is 35.6 Å². The lowest BCUT2D eigenvalue weighted by Crippen LogP contribution is -2.35. The number of amides is 3. The first-order chi connectivity index (χ1) is 13.8. The Morgan fingerprint density at radius 2 is 1.97 bits per heavy atom. The van der Waals surface area contributed by atoms with E-state index in [1.54, 1.807) is 12.1 Å². The van der Waals surface area contributed by atoms with E-state index in [9.17, 15) is 22.8 Å². The Hall–Kier alpha value is -3.23. The van der Waals surface area contributed by atoms with Crippen LogP contribution in [0.5, 0.6) is 5.75 Å². The van der Waals surface area contributed by atoms with Gasteiger partial charge in [0.25, 0.3) is 0 Å². The van der Waals surface area contributed by atoms with Gasteiger partial charge in [-0.3, -0.25) is 4.79 Å². The second kappa shape index (κ2) is 7.31. The average molecular weight is 405 g/mol. The molecule has 0 saturated carbocycles. The lowest BCUT2D eigenvalue weighted by Gasteiger charge is -2.27. The molecule has 2 aliphatic rings. The molecule has 2 aromatic rings. The number of nitrogens with one attached hydrogen (secondary N) is 3. The van der Waals surface area contributed by atoms with E-state index in [0.29, 0.717) is 36.2 Å². The number of fused-ring (bicyclic) bond motifs is 2. The fourth-order valence-electron chi connectivity index (χ4n) is 3.49. The number of halogens is 3. The number of carbonyl (C=O) groups is 2. The van der Waals surface area contributed by atoms with E-state index in [-0.39, 0.29) is 18.3 Å². The minimum absolute atomic E-state index is 0.0730. The Labute approximate surface area is 164 Å². The van der Waals surface area contributed by atoms with Gasteiger partial charge in [-0.25, -0.2) is 4.79 Å². The number of aryl methyl sites for hydroxylation is 1. The van der Waals surface area contributed by atoms with Crippen LogP contribution in [0.25, 0.3) is 0 Å². The summed E-state index contributed by atoms with van der Waals surface area (Å²) in [6.07, 6.45) is -2.95. The summed E-state index contributed by atoms with van der Waals surface area (Å²) < 4.78 is 44.0. The molecular formula is C20H18F3N3O3. The largest absolute Gasteiger partial charge is 0.493 e. The zero-order valence-electron chi connectivity index (χ0n) is 15.2. The molecule has 0 unspecified atom stereocenters. The number of hydrogen-bond donors (Lipinski definition) is 3. The summed E-state index contributed by atoms with van der Waals surface area (Å²) >= 11 is 0. The standard InChI is InChI=1S/C20H18F3N3O3/c21-20(22,23)12-3-5-14-15(7-8-29-17(14)9-12)26-19(28)24-13-4-1-11-2-6-18(27)25-16(11)10-13/h1,3-5,9-10,15H,2,6-8H2,(H,25,27)(H2,24,26,28)/t15-/m1/s1. The molecule has 0 aromatic heterocycles. The second-order valence-electron chi connectivity index (χ2n) is 6.96. The van der Waals surface area contributed by atoms with Crippen molar-refractivity contribution in [3.8, 4) is 5.75 Å². The van der Waals surface area contributed by atoms with Crippen molar-refractivity contribution in [3.05, 3.63) is 53.1 Å². The summed E-state index contributed by atoms with van der Waals surface area (Å²) in [4.78, 5) is 24.0. The van der Waals surface area contributed by atoms with Crippen molar-refractivity contribution in [1.82, 2.24) is 5.32 Å². The Kier molecular flexibility index (Phi) is 4.81. The Balaban J connectivity index is 1.46. The fourth-order valence-corrected chi connectivity index (χ4v) is 3.49. The Morgan fingerprint density at radius 3 is 2.76 bits per heavy atom.